The van der Waals surface area contributed by atoms with Crippen molar-refractivity contribution in [1.29, 1.82) is 0 Å². The minimum Gasteiger partial charge on any atom is -0.337 e. The molecule has 0 spiro atoms. The Bertz CT molecular complexity index is 371. The number of nitrogens with one attached hydrogen (secondary N) is 2. The molecule has 2 rings (SSSR count). The third-order valence-electron chi connectivity index (χ3n) is 4.07. The van der Waals surface area contributed by atoms with Crippen molar-refractivity contribution in [3.63, 3.8) is 0 Å². The molecule has 2 aliphatic rings. The molecule has 0 saturated carbocycles. The van der Waals surface area contributed by atoms with Crippen LogP contribution in [0.15, 0.2) is 0 Å². The predicted octanol–water partition coefficient (Wildman–Crippen LogP) is 0.333. The lowest BCUT2D eigenvalue weighted by Gasteiger charge is -2.39. The SMILES string of the molecule is CC1CCCC(C)N1C(=O)CCC1C(=O)NNC1=O. The maximum Gasteiger partial charge on any atom is 0.251 e. The number of likely N-dealkylation sites (tertiary alicyclic amines) is 1. The zero-order valence-corrected chi connectivity index (χ0v) is 11.4. The van der Waals surface area contributed by atoms with Crippen molar-refractivity contribution < 1.29 is 14.4 Å². The molecule has 0 aromatic carbocycles. The fourth-order valence-corrected chi connectivity index (χ4v) is 2.99. The van der Waals surface area contributed by atoms with Gasteiger partial charge in [0.15, 0.2) is 0 Å². The molecule has 0 aromatic heterocycles. The number of nitrogens with zero attached hydrogens (tertiary/aromatic N) is 1. The van der Waals surface area contributed by atoms with Gasteiger partial charge in [-0.2, -0.15) is 0 Å². The molecule has 6 nitrogen and oxygen atoms in total. The van der Waals surface area contributed by atoms with Crippen molar-refractivity contribution in [3.8, 4) is 0 Å². The molecule has 2 aliphatic heterocycles. The van der Waals surface area contributed by atoms with Crippen LogP contribution < -0.4 is 10.9 Å². The van der Waals surface area contributed by atoms with Gasteiger partial charge in [-0.1, -0.05) is 0 Å². The number of rotatable bonds is 3. The van der Waals surface area contributed by atoms with Crippen LogP contribution in [0.1, 0.15) is 46.0 Å². The van der Waals surface area contributed by atoms with E-state index in [2.05, 4.69) is 24.7 Å². The lowest BCUT2D eigenvalue weighted by Crippen LogP contribution is -2.47. The molecular formula is C13H21N3O3. The van der Waals surface area contributed by atoms with E-state index in [0.29, 0.717) is 0 Å². The van der Waals surface area contributed by atoms with Crippen LogP contribution in [0.25, 0.3) is 0 Å². The highest BCUT2D eigenvalue weighted by Gasteiger charge is 2.35. The average molecular weight is 267 g/mol. The molecule has 0 aromatic rings. The minimum atomic E-state index is -0.723. The van der Waals surface area contributed by atoms with Crippen molar-refractivity contribution >= 4 is 17.7 Å². The third kappa shape index (κ3) is 2.88. The normalized spacial score (nSPS) is 28.2. The highest BCUT2D eigenvalue weighted by molar-refractivity contribution is 6.05. The first kappa shape index (κ1) is 13.8. The smallest absolute Gasteiger partial charge is 0.251 e. The lowest BCUT2D eigenvalue weighted by molar-refractivity contribution is -0.137. The second kappa shape index (κ2) is 5.59. The van der Waals surface area contributed by atoms with Crippen molar-refractivity contribution in [3.05, 3.63) is 0 Å². The lowest BCUT2D eigenvalue weighted by atomic mass is 9.95. The van der Waals surface area contributed by atoms with Crippen LogP contribution in [-0.4, -0.2) is 34.7 Å². The van der Waals surface area contributed by atoms with Gasteiger partial charge in [0.25, 0.3) is 11.8 Å². The number of piperidine rings is 1. The second-order valence-corrected chi connectivity index (χ2v) is 5.50. The highest BCUT2D eigenvalue weighted by Crippen LogP contribution is 2.24. The summed E-state index contributed by atoms with van der Waals surface area (Å²) in [5, 5.41) is 0. The summed E-state index contributed by atoms with van der Waals surface area (Å²) in [5.74, 6) is -1.35. The van der Waals surface area contributed by atoms with Gasteiger partial charge in [-0.25, -0.2) is 0 Å². The Hall–Kier alpha value is -1.59. The Morgan fingerprint density at radius 1 is 1.16 bits per heavy atom. The predicted molar refractivity (Wildman–Crippen MR) is 68.6 cm³/mol. The maximum atomic E-state index is 12.3. The molecule has 19 heavy (non-hydrogen) atoms. The van der Waals surface area contributed by atoms with Crippen molar-refractivity contribution in [2.75, 3.05) is 0 Å². The van der Waals surface area contributed by atoms with Gasteiger partial charge in [-0.15, -0.1) is 0 Å². The summed E-state index contributed by atoms with van der Waals surface area (Å²) in [6.45, 7) is 4.12. The van der Waals surface area contributed by atoms with E-state index in [1.807, 2.05) is 4.90 Å². The van der Waals surface area contributed by atoms with E-state index in [4.69, 9.17) is 0 Å². The zero-order chi connectivity index (χ0) is 14.0. The molecule has 106 valence electrons. The van der Waals surface area contributed by atoms with Gasteiger partial charge in [-0.05, 0) is 39.5 Å². The van der Waals surface area contributed by atoms with Crippen LogP contribution in [0.4, 0.5) is 0 Å². The number of carbonyl (C=O) groups is 3. The Balaban J connectivity index is 1.90. The highest BCUT2D eigenvalue weighted by atomic mass is 16.2. The summed E-state index contributed by atoms with van der Waals surface area (Å²) < 4.78 is 0. The topological polar surface area (TPSA) is 78.5 Å². The summed E-state index contributed by atoms with van der Waals surface area (Å²) in [7, 11) is 0. The fraction of sp³-hybridized carbons (Fsp3) is 0.769. The molecule has 6 heteroatoms. The summed E-state index contributed by atoms with van der Waals surface area (Å²) in [6.07, 6.45) is 3.74. The molecule has 3 amide bonds. The van der Waals surface area contributed by atoms with Crippen LogP contribution in [0.2, 0.25) is 0 Å². The Morgan fingerprint density at radius 2 is 1.68 bits per heavy atom. The van der Waals surface area contributed by atoms with Gasteiger partial charge in [0, 0.05) is 18.5 Å². The van der Waals surface area contributed by atoms with E-state index in [1.165, 1.54) is 0 Å². The monoisotopic (exact) mass is 267 g/mol. The van der Waals surface area contributed by atoms with E-state index in [9.17, 15) is 14.4 Å². The van der Waals surface area contributed by atoms with Crippen molar-refractivity contribution in [2.45, 2.75) is 58.0 Å². The number of carbonyl (C=O) groups excluding carboxylic acids is 3. The molecule has 2 saturated heterocycles. The first-order valence-corrected chi connectivity index (χ1v) is 6.91. The number of hydrazine groups is 1. The Labute approximate surface area is 112 Å². The Kier molecular flexibility index (Phi) is 4.07. The molecular weight excluding hydrogens is 246 g/mol. The molecule has 0 bridgehead atoms. The van der Waals surface area contributed by atoms with E-state index in [0.717, 1.165) is 19.3 Å². The number of hydrogen-bond acceptors (Lipinski definition) is 3. The van der Waals surface area contributed by atoms with E-state index in [1.54, 1.807) is 0 Å². The molecule has 2 N–H and O–H groups in total. The largest absolute Gasteiger partial charge is 0.337 e. The van der Waals surface area contributed by atoms with Gasteiger partial charge in [0.2, 0.25) is 5.91 Å². The third-order valence-corrected chi connectivity index (χ3v) is 4.07. The van der Waals surface area contributed by atoms with Gasteiger partial charge < -0.3 is 4.90 Å². The standard InChI is InChI=1S/C13H21N3O3/c1-8-4-3-5-9(2)16(8)11(17)7-6-10-12(18)14-15-13(10)19/h8-10H,3-7H2,1-2H3,(H,14,18)(H,15,19). The molecule has 2 heterocycles. The molecule has 2 unspecified atom stereocenters. The van der Waals surface area contributed by atoms with E-state index >= 15 is 0 Å². The first-order valence-electron chi connectivity index (χ1n) is 6.91. The van der Waals surface area contributed by atoms with Crippen LogP contribution >= 0.6 is 0 Å². The summed E-state index contributed by atoms with van der Waals surface area (Å²) in [4.78, 5) is 36.9. The fourth-order valence-electron chi connectivity index (χ4n) is 2.99. The van der Waals surface area contributed by atoms with E-state index < -0.39 is 5.92 Å². The second-order valence-electron chi connectivity index (χ2n) is 5.50. The number of hydrogen-bond donors (Lipinski definition) is 2. The first-order chi connectivity index (χ1) is 9.00. The van der Waals surface area contributed by atoms with Crippen LogP contribution in [0.5, 0.6) is 0 Å². The van der Waals surface area contributed by atoms with Gasteiger partial charge in [-0.3, -0.25) is 25.2 Å². The minimum absolute atomic E-state index is 0.0483. The molecule has 0 aliphatic carbocycles. The summed E-state index contributed by atoms with van der Waals surface area (Å²) in [5.41, 5.74) is 4.55. The van der Waals surface area contributed by atoms with Gasteiger partial charge >= 0.3 is 0 Å². The average Bonchev–Trinajstić information content (AvgIpc) is 2.66. The molecule has 2 atom stereocenters. The maximum absolute atomic E-state index is 12.3. The number of amides is 3. The van der Waals surface area contributed by atoms with E-state index in [-0.39, 0.29) is 42.6 Å². The van der Waals surface area contributed by atoms with Crippen molar-refractivity contribution in [1.82, 2.24) is 15.8 Å². The molecule has 0 radical (unpaired) electrons. The molecule has 2 fully saturated rings. The van der Waals surface area contributed by atoms with Crippen LogP contribution in [0, 0.1) is 5.92 Å². The van der Waals surface area contributed by atoms with Gasteiger partial charge in [0.1, 0.15) is 5.92 Å². The zero-order valence-electron chi connectivity index (χ0n) is 11.4. The van der Waals surface area contributed by atoms with Crippen LogP contribution in [-0.2, 0) is 14.4 Å². The summed E-state index contributed by atoms with van der Waals surface area (Å²) in [6, 6.07) is 0.505. The van der Waals surface area contributed by atoms with Gasteiger partial charge in [0.05, 0.1) is 0 Å². The Morgan fingerprint density at radius 3 is 2.21 bits per heavy atom. The summed E-state index contributed by atoms with van der Waals surface area (Å²) >= 11 is 0. The van der Waals surface area contributed by atoms with Crippen LogP contribution in [0.3, 0.4) is 0 Å². The quantitative estimate of drug-likeness (QED) is 0.723. The van der Waals surface area contributed by atoms with Crippen molar-refractivity contribution in [2.24, 2.45) is 5.92 Å².